The first-order valence-corrected chi connectivity index (χ1v) is 7.03. The van der Waals surface area contributed by atoms with Gasteiger partial charge in [-0.15, -0.1) is 0 Å². The minimum Gasteiger partial charge on any atom is -0.393 e. The number of hydrogen-bond donors (Lipinski definition) is 3. The van der Waals surface area contributed by atoms with Crippen LogP contribution in [0.5, 0.6) is 0 Å². The number of nitrogens with one attached hydrogen (secondary N) is 1. The Kier molecular flexibility index (Phi) is 4.79. The molecule has 9 heteroatoms. The summed E-state index contributed by atoms with van der Waals surface area (Å²) in [5, 5.41) is 19.4. The molecule has 1 saturated heterocycles. The van der Waals surface area contributed by atoms with Crippen LogP contribution in [-0.4, -0.2) is 45.4 Å². The van der Waals surface area contributed by atoms with Crippen molar-refractivity contribution in [2.45, 2.75) is 24.5 Å². The highest BCUT2D eigenvalue weighted by Crippen LogP contribution is 2.36. The zero-order valence-electron chi connectivity index (χ0n) is 11.2. The van der Waals surface area contributed by atoms with Gasteiger partial charge in [0.2, 0.25) is 0 Å². The van der Waals surface area contributed by atoms with Crippen molar-refractivity contribution in [1.82, 2.24) is 9.55 Å². The maximum Gasteiger partial charge on any atom is 0.330 e. The van der Waals surface area contributed by atoms with E-state index in [-0.39, 0.29) is 12.0 Å². The number of aromatic nitrogens is 2. The summed E-state index contributed by atoms with van der Waals surface area (Å²) >= 11 is 3.05. The summed E-state index contributed by atoms with van der Waals surface area (Å²) in [4.78, 5) is 27.1. The maximum atomic E-state index is 11.9. The third-order valence-electron chi connectivity index (χ3n) is 3.36. The summed E-state index contributed by atoms with van der Waals surface area (Å²) in [6.07, 6.45) is 0.883. The molecule has 1 aliphatic rings. The second-order valence-electron chi connectivity index (χ2n) is 4.56. The molecule has 0 radical (unpaired) electrons. The fraction of sp³-hybridized carbons (Fsp3) is 0.500. The molecule has 116 valence electrons. The largest absolute Gasteiger partial charge is 0.393 e. The van der Waals surface area contributed by atoms with Gasteiger partial charge in [-0.1, -0.05) is 15.9 Å². The average molecular weight is 363 g/mol. The van der Waals surface area contributed by atoms with Gasteiger partial charge in [0.25, 0.3) is 5.56 Å². The number of rotatable bonds is 4. The van der Waals surface area contributed by atoms with Crippen molar-refractivity contribution in [3.05, 3.63) is 37.6 Å². The molecule has 2 heterocycles. The van der Waals surface area contributed by atoms with E-state index in [0.717, 1.165) is 4.57 Å². The molecule has 0 aromatic carbocycles. The normalized spacial score (nSPS) is 29.3. The minimum absolute atomic E-state index is 0.0574. The quantitative estimate of drug-likeness (QED) is 0.623. The predicted molar refractivity (Wildman–Crippen MR) is 76.9 cm³/mol. The van der Waals surface area contributed by atoms with Crippen LogP contribution < -0.4 is 11.2 Å². The molecular weight excluding hydrogens is 348 g/mol. The van der Waals surface area contributed by atoms with E-state index in [1.807, 2.05) is 0 Å². The molecule has 0 saturated carbocycles. The second-order valence-corrected chi connectivity index (χ2v) is 5.09. The lowest BCUT2D eigenvalue weighted by Gasteiger charge is -2.24. The summed E-state index contributed by atoms with van der Waals surface area (Å²) in [7, 11) is 1.28. The van der Waals surface area contributed by atoms with Gasteiger partial charge in [0.05, 0.1) is 12.2 Å². The zero-order valence-corrected chi connectivity index (χ0v) is 12.7. The summed E-state index contributed by atoms with van der Waals surface area (Å²) < 4.78 is 11.5. The first-order chi connectivity index (χ1) is 9.95. The highest BCUT2D eigenvalue weighted by molar-refractivity contribution is 9.11. The van der Waals surface area contributed by atoms with Gasteiger partial charge in [-0.2, -0.15) is 0 Å². The van der Waals surface area contributed by atoms with Crippen molar-refractivity contribution in [2.75, 3.05) is 13.7 Å². The third-order valence-corrected chi connectivity index (χ3v) is 3.62. The number of aromatic amines is 1. The fourth-order valence-electron chi connectivity index (χ4n) is 2.19. The molecule has 1 fully saturated rings. The van der Waals surface area contributed by atoms with Crippen LogP contribution in [0.3, 0.4) is 0 Å². The minimum atomic E-state index is -1.69. The first kappa shape index (κ1) is 16.1. The molecule has 3 N–H and O–H groups in total. The fourth-order valence-corrected chi connectivity index (χ4v) is 2.48. The Morgan fingerprint density at radius 1 is 1.67 bits per heavy atom. The van der Waals surface area contributed by atoms with E-state index in [0.29, 0.717) is 0 Å². The van der Waals surface area contributed by atoms with Crippen molar-refractivity contribution in [3.63, 3.8) is 0 Å². The van der Waals surface area contributed by atoms with E-state index in [9.17, 15) is 19.8 Å². The Labute approximate surface area is 127 Å². The van der Waals surface area contributed by atoms with Gasteiger partial charge in [0.1, 0.15) is 12.3 Å². The van der Waals surface area contributed by atoms with Gasteiger partial charge >= 0.3 is 5.69 Å². The standard InChI is InChI=1S/C12H15BrN2O6/c1-20-12(19)4-9(21-8(12)6-16)15-5-7(2-3-13)10(17)14-11(15)18/h2-3,5,8-9,16,19H,4,6H2,1H3,(H,14,17,18)/b3-2+/t8-,9-,12-/m1/s1. The van der Waals surface area contributed by atoms with Crippen LogP contribution in [-0.2, 0) is 9.47 Å². The average Bonchev–Trinajstić information content (AvgIpc) is 2.79. The monoisotopic (exact) mass is 362 g/mol. The number of aliphatic hydroxyl groups excluding tert-OH is 1. The van der Waals surface area contributed by atoms with Crippen molar-refractivity contribution in [2.24, 2.45) is 0 Å². The highest BCUT2D eigenvalue weighted by Gasteiger charge is 2.48. The van der Waals surface area contributed by atoms with Gasteiger partial charge in [0, 0.05) is 19.7 Å². The molecule has 2 rings (SSSR count). The smallest absolute Gasteiger partial charge is 0.330 e. The molecule has 8 nitrogen and oxygen atoms in total. The Morgan fingerprint density at radius 2 is 2.38 bits per heavy atom. The molecule has 0 aliphatic carbocycles. The van der Waals surface area contributed by atoms with E-state index in [2.05, 4.69) is 20.9 Å². The summed E-state index contributed by atoms with van der Waals surface area (Å²) in [6, 6.07) is 0. The molecule has 0 bridgehead atoms. The van der Waals surface area contributed by atoms with Gasteiger partial charge in [-0.3, -0.25) is 14.3 Å². The number of ether oxygens (including phenoxy) is 2. The Morgan fingerprint density at radius 3 is 2.90 bits per heavy atom. The SMILES string of the molecule is CO[C@]1(O)C[C@H](n2cc(/C=C/Br)c(=O)[nH]c2=O)O[C@@H]1CO. The molecule has 3 atom stereocenters. The number of H-pyrrole nitrogens is 1. The molecule has 1 aromatic rings. The molecule has 0 spiro atoms. The zero-order chi connectivity index (χ0) is 15.6. The number of methoxy groups -OCH3 is 1. The first-order valence-electron chi connectivity index (χ1n) is 6.11. The predicted octanol–water partition coefficient (Wildman–Crippen LogP) is -0.483. The lowest BCUT2D eigenvalue weighted by Crippen LogP contribution is -2.42. The van der Waals surface area contributed by atoms with Crippen LogP contribution in [0.1, 0.15) is 18.2 Å². The highest BCUT2D eigenvalue weighted by atomic mass is 79.9. The molecule has 21 heavy (non-hydrogen) atoms. The Hall–Kier alpha value is -1.26. The lowest BCUT2D eigenvalue weighted by molar-refractivity contribution is -0.221. The summed E-state index contributed by atoms with van der Waals surface area (Å²) in [6.45, 7) is -0.465. The van der Waals surface area contributed by atoms with E-state index in [4.69, 9.17) is 9.47 Å². The molecule has 0 amide bonds. The summed E-state index contributed by atoms with van der Waals surface area (Å²) in [5.74, 6) is -1.69. The van der Waals surface area contributed by atoms with Crippen molar-refractivity contribution in [3.8, 4) is 0 Å². The van der Waals surface area contributed by atoms with E-state index in [1.54, 1.807) is 0 Å². The van der Waals surface area contributed by atoms with E-state index in [1.165, 1.54) is 24.4 Å². The maximum absolute atomic E-state index is 11.9. The van der Waals surface area contributed by atoms with Crippen LogP contribution in [0, 0.1) is 0 Å². The van der Waals surface area contributed by atoms with Crippen molar-refractivity contribution in [1.29, 1.82) is 0 Å². The number of nitrogens with zero attached hydrogens (tertiary/aromatic N) is 1. The second kappa shape index (κ2) is 6.24. The van der Waals surface area contributed by atoms with Gasteiger partial charge in [-0.05, 0) is 11.1 Å². The Balaban J connectivity index is 2.42. The van der Waals surface area contributed by atoms with Gasteiger partial charge in [-0.25, -0.2) is 4.79 Å². The van der Waals surface area contributed by atoms with Crippen LogP contribution in [0.4, 0.5) is 0 Å². The lowest BCUT2D eigenvalue weighted by atomic mass is 10.1. The summed E-state index contributed by atoms with van der Waals surface area (Å²) in [5.41, 5.74) is -0.970. The van der Waals surface area contributed by atoms with Crippen molar-refractivity contribution >= 4 is 22.0 Å². The topological polar surface area (TPSA) is 114 Å². The van der Waals surface area contributed by atoms with Gasteiger partial charge < -0.3 is 19.7 Å². The van der Waals surface area contributed by atoms with E-state index < -0.39 is 36.0 Å². The number of hydrogen-bond acceptors (Lipinski definition) is 6. The Bertz CT molecular complexity index is 654. The van der Waals surface area contributed by atoms with Crippen LogP contribution in [0.2, 0.25) is 0 Å². The van der Waals surface area contributed by atoms with Crippen LogP contribution >= 0.6 is 15.9 Å². The number of aliphatic hydroxyl groups is 2. The molecule has 1 aliphatic heterocycles. The van der Waals surface area contributed by atoms with Gasteiger partial charge in [0.15, 0.2) is 5.79 Å². The third kappa shape index (κ3) is 3.01. The van der Waals surface area contributed by atoms with E-state index >= 15 is 0 Å². The van der Waals surface area contributed by atoms with Crippen LogP contribution in [0.25, 0.3) is 6.08 Å². The molecule has 0 unspecified atom stereocenters. The molecule has 1 aromatic heterocycles. The number of halogens is 1. The van der Waals surface area contributed by atoms with Crippen LogP contribution in [0.15, 0.2) is 20.8 Å². The van der Waals surface area contributed by atoms with Crippen molar-refractivity contribution < 1.29 is 19.7 Å². The molecular formula is C12H15BrN2O6.